The van der Waals surface area contributed by atoms with Gasteiger partial charge in [-0.15, -0.1) is 11.3 Å². The van der Waals surface area contributed by atoms with Crippen LogP contribution in [-0.4, -0.2) is 32.7 Å². The first-order valence-electron chi connectivity index (χ1n) is 10.7. The van der Waals surface area contributed by atoms with Crippen molar-refractivity contribution in [2.45, 2.75) is 38.4 Å². The molecule has 6 nitrogen and oxygen atoms in total. The van der Waals surface area contributed by atoms with E-state index in [0.717, 1.165) is 23.1 Å². The number of hydrogen-bond acceptors (Lipinski definition) is 6. The molecular formula is C24H26N4O2S2. The minimum Gasteiger partial charge on any atom is -0.355 e. The number of amides is 1. The second-order valence-electron chi connectivity index (χ2n) is 8.07. The standard InChI is InChI=1S/C24H26N4O2S2/c1-16(2)14-28-23(30)21-20(18-11-7-13-26-22(18)32-21)27-24(28)31-15-19(29)25-12-6-10-17-8-4-3-5-9-17/h3-5,7-9,11,13,16H,6,10,12,14-15H2,1-2H3,(H,25,29). The first-order chi connectivity index (χ1) is 15.5. The molecule has 1 N–H and O–H groups in total. The summed E-state index contributed by atoms with van der Waals surface area (Å²) in [7, 11) is 0. The molecule has 0 saturated carbocycles. The van der Waals surface area contributed by atoms with E-state index in [2.05, 4.69) is 36.3 Å². The molecule has 0 aliphatic rings. The monoisotopic (exact) mass is 466 g/mol. The highest BCUT2D eigenvalue weighted by atomic mass is 32.2. The van der Waals surface area contributed by atoms with Gasteiger partial charge in [0, 0.05) is 24.7 Å². The Balaban J connectivity index is 1.46. The van der Waals surface area contributed by atoms with Crippen LogP contribution in [0.2, 0.25) is 0 Å². The molecule has 0 radical (unpaired) electrons. The Morgan fingerprint density at radius 3 is 2.78 bits per heavy atom. The number of benzene rings is 1. The zero-order chi connectivity index (χ0) is 22.5. The fraction of sp³-hybridized carbons (Fsp3) is 0.333. The van der Waals surface area contributed by atoms with Crippen LogP contribution in [0.3, 0.4) is 0 Å². The van der Waals surface area contributed by atoms with E-state index in [4.69, 9.17) is 4.98 Å². The second kappa shape index (κ2) is 10.3. The molecule has 0 aliphatic heterocycles. The van der Waals surface area contributed by atoms with Crippen LogP contribution >= 0.6 is 23.1 Å². The molecule has 3 aromatic heterocycles. The number of nitrogens with one attached hydrogen (secondary N) is 1. The van der Waals surface area contributed by atoms with Crippen molar-refractivity contribution in [3.8, 4) is 0 Å². The molecule has 1 amide bonds. The molecule has 0 aliphatic carbocycles. The molecule has 0 spiro atoms. The first-order valence-corrected chi connectivity index (χ1v) is 12.5. The van der Waals surface area contributed by atoms with Gasteiger partial charge in [-0.25, -0.2) is 9.97 Å². The van der Waals surface area contributed by atoms with Gasteiger partial charge in [0.2, 0.25) is 5.91 Å². The van der Waals surface area contributed by atoms with Crippen molar-refractivity contribution < 1.29 is 4.79 Å². The van der Waals surface area contributed by atoms with Crippen LogP contribution in [0, 0.1) is 5.92 Å². The SMILES string of the molecule is CC(C)Cn1c(SCC(=O)NCCCc2ccccc2)nc2c(sc3ncccc32)c1=O. The highest BCUT2D eigenvalue weighted by Crippen LogP contribution is 2.30. The summed E-state index contributed by atoms with van der Waals surface area (Å²) in [4.78, 5) is 35.6. The maximum absolute atomic E-state index is 13.2. The molecular weight excluding hydrogens is 440 g/mol. The summed E-state index contributed by atoms with van der Waals surface area (Å²) >= 11 is 2.70. The van der Waals surface area contributed by atoms with Crippen LogP contribution < -0.4 is 10.9 Å². The molecule has 1 aromatic carbocycles. The fourth-order valence-electron chi connectivity index (χ4n) is 3.52. The van der Waals surface area contributed by atoms with Gasteiger partial charge in [0.1, 0.15) is 9.53 Å². The number of fused-ring (bicyclic) bond motifs is 3. The number of thiophene rings is 1. The van der Waals surface area contributed by atoms with E-state index in [1.165, 1.54) is 28.7 Å². The van der Waals surface area contributed by atoms with Gasteiger partial charge in [-0.05, 0) is 36.5 Å². The van der Waals surface area contributed by atoms with Crippen LogP contribution in [0.1, 0.15) is 25.8 Å². The van der Waals surface area contributed by atoms with Gasteiger partial charge >= 0.3 is 0 Å². The number of thioether (sulfide) groups is 1. The lowest BCUT2D eigenvalue weighted by molar-refractivity contribution is -0.118. The number of carbonyl (C=O) groups is 1. The highest BCUT2D eigenvalue weighted by Gasteiger charge is 2.18. The lowest BCUT2D eigenvalue weighted by Crippen LogP contribution is -2.28. The highest BCUT2D eigenvalue weighted by molar-refractivity contribution is 7.99. The Labute approximate surface area is 195 Å². The van der Waals surface area contributed by atoms with E-state index < -0.39 is 0 Å². The molecule has 4 rings (SSSR count). The molecule has 0 saturated heterocycles. The summed E-state index contributed by atoms with van der Waals surface area (Å²) in [5.41, 5.74) is 1.88. The van der Waals surface area contributed by atoms with Crippen molar-refractivity contribution in [2.24, 2.45) is 5.92 Å². The van der Waals surface area contributed by atoms with Crippen LogP contribution in [0.5, 0.6) is 0 Å². The van der Waals surface area contributed by atoms with Crippen LogP contribution in [0.4, 0.5) is 0 Å². The fourth-order valence-corrected chi connectivity index (χ4v) is 5.39. The number of aryl methyl sites for hydroxylation is 1. The molecule has 0 atom stereocenters. The molecule has 166 valence electrons. The Kier molecular flexibility index (Phi) is 7.22. The largest absolute Gasteiger partial charge is 0.355 e. The summed E-state index contributed by atoms with van der Waals surface area (Å²) in [6.07, 6.45) is 3.54. The predicted octanol–water partition coefficient (Wildman–Crippen LogP) is 4.50. The average Bonchev–Trinajstić information content (AvgIpc) is 3.17. The third-order valence-electron chi connectivity index (χ3n) is 5.01. The molecule has 32 heavy (non-hydrogen) atoms. The van der Waals surface area contributed by atoms with Gasteiger partial charge in [-0.3, -0.25) is 14.2 Å². The molecule has 3 heterocycles. The Morgan fingerprint density at radius 2 is 2.00 bits per heavy atom. The molecule has 0 fully saturated rings. The van der Waals surface area contributed by atoms with Gasteiger partial charge in [0.15, 0.2) is 5.16 Å². The van der Waals surface area contributed by atoms with Gasteiger partial charge in [0.05, 0.1) is 11.3 Å². The Bertz CT molecular complexity index is 1280. The predicted molar refractivity (Wildman–Crippen MR) is 133 cm³/mol. The van der Waals surface area contributed by atoms with E-state index in [1.807, 2.05) is 30.3 Å². The number of hydrogen-bond donors (Lipinski definition) is 1. The minimum absolute atomic E-state index is 0.0506. The summed E-state index contributed by atoms with van der Waals surface area (Å²) in [5.74, 6) is 0.456. The van der Waals surface area contributed by atoms with Gasteiger partial charge in [-0.1, -0.05) is 55.9 Å². The normalized spacial score (nSPS) is 11.5. The molecule has 0 bridgehead atoms. The average molecular weight is 467 g/mol. The maximum atomic E-state index is 13.2. The van der Waals surface area contributed by atoms with E-state index in [0.29, 0.717) is 28.5 Å². The third-order valence-corrected chi connectivity index (χ3v) is 7.07. The quantitative estimate of drug-likeness (QED) is 0.223. The van der Waals surface area contributed by atoms with Crippen molar-refractivity contribution >= 4 is 49.4 Å². The zero-order valence-electron chi connectivity index (χ0n) is 18.2. The van der Waals surface area contributed by atoms with E-state index >= 15 is 0 Å². The number of pyridine rings is 1. The lowest BCUT2D eigenvalue weighted by atomic mass is 10.1. The Hall–Kier alpha value is -2.71. The zero-order valence-corrected chi connectivity index (χ0v) is 19.8. The molecule has 0 unspecified atom stereocenters. The number of aromatic nitrogens is 3. The van der Waals surface area contributed by atoms with Gasteiger partial charge in [0.25, 0.3) is 5.56 Å². The smallest absolute Gasteiger partial charge is 0.272 e. The summed E-state index contributed by atoms with van der Waals surface area (Å²) in [6.45, 7) is 5.32. The topological polar surface area (TPSA) is 76.9 Å². The van der Waals surface area contributed by atoms with Crippen molar-refractivity contribution in [1.29, 1.82) is 0 Å². The van der Waals surface area contributed by atoms with Crippen molar-refractivity contribution in [1.82, 2.24) is 19.9 Å². The molecule has 4 aromatic rings. The second-order valence-corrected chi connectivity index (χ2v) is 10.0. The minimum atomic E-state index is -0.0579. The van der Waals surface area contributed by atoms with Crippen molar-refractivity contribution in [3.05, 3.63) is 64.6 Å². The van der Waals surface area contributed by atoms with Crippen LogP contribution in [-0.2, 0) is 17.8 Å². The maximum Gasteiger partial charge on any atom is 0.272 e. The Morgan fingerprint density at radius 1 is 1.19 bits per heavy atom. The van der Waals surface area contributed by atoms with Gasteiger partial charge < -0.3 is 5.32 Å². The number of nitrogens with zero attached hydrogens (tertiary/aromatic N) is 3. The number of carbonyl (C=O) groups excluding carboxylic acids is 1. The molecule has 8 heteroatoms. The van der Waals surface area contributed by atoms with Crippen molar-refractivity contribution in [3.63, 3.8) is 0 Å². The van der Waals surface area contributed by atoms with Crippen molar-refractivity contribution in [2.75, 3.05) is 12.3 Å². The van der Waals surface area contributed by atoms with Crippen LogP contribution in [0.15, 0.2) is 58.6 Å². The first kappa shape index (κ1) is 22.5. The lowest BCUT2D eigenvalue weighted by Gasteiger charge is -2.14. The summed E-state index contributed by atoms with van der Waals surface area (Å²) in [5, 5.41) is 4.44. The summed E-state index contributed by atoms with van der Waals surface area (Å²) < 4.78 is 2.32. The van der Waals surface area contributed by atoms with E-state index in [1.54, 1.807) is 10.8 Å². The van der Waals surface area contributed by atoms with Gasteiger partial charge in [-0.2, -0.15) is 0 Å². The summed E-state index contributed by atoms with van der Waals surface area (Å²) in [6, 6.07) is 14.0. The number of rotatable bonds is 9. The van der Waals surface area contributed by atoms with E-state index in [-0.39, 0.29) is 23.1 Å². The van der Waals surface area contributed by atoms with E-state index in [9.17, 15) is 9.59 Å². The van der Waals surface area contributed by atoms with Crippen LogP contribution in [0.25, 0.3) is 20.4 Å². The third kappa shape index (κ3) is 5.19.